The van der Waals surface area contributed by atoms with Gasteiger partial charge in [0, 0.05) is 18.1 Å². The molecule has 1 aromatic rings. The number of fused-ring (bicyclic) bond motifs is 1. The molecule has 0 saturated carbocycles. The van der Waals surface area contributed by atoms with Gasteiger partial charge < -0.3 is 15.3 Å². The van der Waals surface area contributed by atoms with Gasteiger partial charge in [0.1, 0.15) is 16.8 Å². The molecule has 0 aliphatic carbocycles. The van der Waals surface area contributed by atoms with Gasteiger partial charge in [-0.2, -0.15) is 11.8 Å². The molecule has 2 saturated heterocycles. The van der Waals surface area contributed by atoms with E-state index in [4.69, 9.17) is 0 Å². The van der Waals surface area contributed by atoms with Crippen LogP contribution in [0.25, 0.3) is 0 Å². The van der Waals surface area contributed by atoms with Gasteiger partial charge in [0.05, 0.1) is 6.42 Å². The first-order valence-corrected chi connectivity index (χ1v) is 10.7. The highest BCUT2D eigenvalue weighted by atomic mass is 32.2. The van der Waals surface area contributed by atoms with Crippen LogP contribution < -0.4 is 5.32 Å². The second-order valence-electron chi connectivity index (χ2n) is 6.60. The van der Waals surface area contributed by atoms with Crippen LogP contribution in [0.5, 0.6) is 0 Å². The average Bonchev–Trinajstić information content (AvgIpc) is 2.64. The molecule has 2 heterocycles. The number of aliphatic carboxylic acids is 1. The smallest absolute Gasteiger partial charge is 0.313 e. The van der Waals surface area contributed by atoms with Gasteiger partial charge in [0.15, 0.2) is 0 Å². The lowest BCUT2D eigenvalue weighted by Crippen LogP contribution is -2.74. The summed E-state index contributed by atoms with van der Waals surface area (Å²) in [6.07, 6.45) is 0.230. The number of benzene rings is 1. The Kier molecular flexibility index (Phi) is 5.82. The zero-order valence-electron chi connectivity index (χ0n) is 14.5. The van der Waals surface area contributed by atoms with Gasteiger partial charge in [-0.1, -0.05) is 37.3 Å². The van der Waals surface area contributed by atoms with Gasteiger partial charge in [-0.05, 0) is 11.3 Å². The Hall–Kier alpha value is -1.67. The van der Waals surface area contributed by atoms with Gasteiger partial charge in [0.25, 0.3) is 0 Å². The number of rotatable bonds is 7. The quantitative estimate of drug-likeness (QED) is 0.681. The molecule has 0 spiro atoms. The van der Waals surface area contributed by atoms with E-state index >= 15 is 0 Å². The van der Waals surface area contributed by atoms with Crippen LogP contribution >= 0.6 is 23.5 Å². The third-order valence-electron chi connectivity index (χ3n) is 4.71. The number of hydrogen-bond acceptors (Lipinski definition) is 5. The molecule has 2 aliphatic rings. The van der Waals surface area contributed by atoms with E-state index in [0.29, 0.717) is 11.5 Å². The number of nitrogens with one attached hydrogen (secondary N) is 1. The molecule has 6 nitrogen and oxygen atoms in total. The van der Waals surface area contributed by atoms with Crippen molar-refractivity contribution >= 4 is 41.3 Å². The lowest BCUT2D eigenvalue weighted by molar-refractivity contribution is -0.157. The van der Waals surface area contributed by atoms with Gasteiger partial charge >= 0.3 is 5.97 Å². The number of carbonyl (C=O) groups is 3. The first kappa shape index (κ1) is 19.1. The molecule has 0 aromatic heterocycles. The van der Waals surface area contributed by atoms with Crippen molar-refractivity contribution in [3.8, 4) is 0 Å². The second-order valence-corrected chi connectivity index (χ2v) is 8.98. The van der Waals surface area contributed by atoms with E-state index in [1.165, 1.54) is 11.8 Å². The number of thioether (sulfide) groups is 2. The number of carboxylic acids is 1. The van der Waals surface area contributed by atoms with Crippen molar-refractivity contribution < 1.29 is 19.5 Å². The standard InChI is InChI=1S/C18H22N2O4S2/c1-2-25-10-18(17(23)24)9-20-15(22)14(16(20)26-11-18)19-13(21)8-12-6-4-3-5-7-12/h3-7,14,16H,2,8-11H2,1H3,(H,19,21)(H,23,24)/t14?,16-,18?/m1/s1. The largest absolute Gasteiger partial charge is 0.481 e. The molecule has 2 aliphatic heterocycles. The fourth-order valence-electron chi connectivity index (χ4n) is 3.21. The third-order valence-corrected chi connectivity index (χ3v) is 7.46. The minimum Gasteiger partial charge on any atom is -0.481 e. The molecule has 3 rings (SSSR count). The Labute approximate surface area is 161 Å². The van der Waals surface area contributed by atoms with Crippen LogP contribution in [0.15, 0.2) is 30.3 Å². The number of β-lactam (4-membered cyclic amide) rings is 1. The Morgan fingerprint density at radius 1 is 1.38 bits per heavy atom. The van der Waals surface area contributed by atoms with Gasteiger partial charge in [-0.3, -0.25) is 14.4 Å². The minimum absolute atomic E-state index is 0.165. The van der Waals surface area contributed by atoms with E-state index in [1.54, 1.807) is 16.7 Å². The first-order chi connectivity index (χ1) is 12.5. The van der Waals surface area contributed by atoms with E-state index in [9.17, 15) is 19.5 Å². The van der Waals surface area contributed by atoms with Crippen molar-refractivity contribution in [3.05, 3.63) is 35.9 Å². The Balaban J connectivity index is 1.59. The van der Waals surface area contributed by atoms with Crippen LogP contribution in [0.2, 0.25) is 0 Å². The fraction of sp³-hybridized carbons (Fsp3) is 0.500. The highest BCUT2D eigenvalue weighted by Gasteiger charge is 2.57. The van der Waals surface area contributed by atoms with Crippen LogP contribution in [-0.4, -0.2) is 63.0 Å². The summed E-state index contributed by atoms with van der Waals surface area (Å²) >= 11 is 3.04. The molecule has 2 fully saturated rings. The Morgan fingerprint density at radius 2 is 2.12 bits per heavy atom. The summed E-state index contributed by atoms with van der Waals surface area (Å²) in [5.74, 6) is 0.563. The Morgan fingerprint density at radius 3 is 2.77 bits per heavy atom. The van der Waals surface area contributed by atoms with Crippen molar-refractivity contribution in [3.63, 3.8) is 0 Å². The van der Waals surface area contributed by atoms with Crippen LogP contribution in [0.4, 0.5) is 0 Å². The Bertz CT molecular complexity index is 700. The SMILES string of the molecule is CCSCC1(C(=O)O)CS[C@@H]2C(NC(=O)Cc3ccccc3)C(=O)N2C1. The van der Waals surface area contributed by atoms with Crippen LogP contribution in [0.3, 0.4) is 0 Å². The highest BCUT2D eigenvalue weighted by molar-refractivity contribution is 8.00. The average molecular weight is 395 g/mol. The van der Waals surface area contributed by atoms with E-state index < -0.39 is 17.4 Å². The maximum atomic E-state index is 12.5. The number of carbonyl (C=O) groups excluding carboxylic acids is 2. The summed E-state index contributed by atoms with van der Waals surface area (Å²) < 4.78 is 0. The molecular weight excluding hydrogens is 372 g/mol. The molecule has 2 unspecified atom stereocenters. The number of hydrogen-bond donors (Lipinski definition) is 2. The third kappa shape index (κ3) is 3.71. The summed E-state index contributed by atoms with van der Waals surface area (Å²) in [6.45, 7) is 2.21. The first-order valence-electron chi connectivity index (χ1n) is 8.53. The molecular formula is C18H22N2O4S2. The number of nitrogens with zero attached hydrogens (tertiary/aromatic N) is 1. The van der Waals surface area contributed by atoms with E-state index in [1.807, 2.05) is 37.3 Å². The summed E-state index contributed by atoms with van der Waals surface area (Å²) in [5, 5.41) is 12.3. The molecule has 1 aromatic carbocycles. The van der Waals surface area contributed by atoms with Gasteiger partial charge in [-0.15, -0.1) is 11.8 Å². The number of carboxylic acid groups (broad SMARTS) is 1. The normalized spacial score (nSPS) is 27.4. The van der Waals surface area contributed by atoms with Crippen LogP contribution in [-0.2, 0) is 20.8 Å². The topological polar surface area (TPSA) is 86.7 Å². The van der Waals surface area contributed by atoms with Crippen molar-refractivity contribution in [2.75, 3.05) is 23.8 Å². The summed E-state index contributed by atoms with van der Waals surface area (Å²) in [5.41, 5.74) is -0.0114. The molecule has 0 bridgehead atoms. The zero-order chi connectivity index (χ0) is 18.7. The van der Waals surface area contributed by atoms with Crippen molar-refractivity contribution in [2.24, 2.45) is 5.41 Å². The molecule has 2 amide bonds. The fourth-order valence-corrected chi connectivity index (χ4v) is 5.79. The molecule has 26 heavy (non-hydrogen) atoms. The minimum atomic E-state index is -0.906. The molecule has 3 atom stereocenters. The zero-order valence-corrected chi connectivity index (χ0v) is 16.1. The van der Waals surface area contributed by atoms with E-state index in [2.05, 4.69) is 5.32 Å². The van der Waals surface area contributed by atoms with Crippen molar-refractivity contribution in [1.29, 1.82) is 0 Å². The predicted molar refractivity (Wildman–Crippen MR) is 103 cm³/mol. The molecule has 0 radical (unpaired) electrons. The maximum Gasteiger partial charge on any atom is 0.313 e. The van der Waals surface area contributed by atoms with E-state index in [0.717, 1.165) is 11.3 Å². The monoisotopic (exact) mass is 394 g/mol. The highest BCUT2D eigenvalue weighted by Crippen LogP contribution is 2.43. The van der Waals surface area contributed by atoms with Gasteiger partial charge in [0.2, 0.25) is 11.8 Å². The maximum absolute atomic E-state index is 12.5. The lowest BCUT2D eigenvalue weighted by atomic mass is 9.89. The predicted octanol–water partition coefficient (Wildman–Crippen LogP) is 1.45. The van der Waals surface area contributed by atoms with Crippen LogP contribution in [0.1, 0.15) is 12.5 Å². The summed E-state index contributed by atoms with van der Waals surface area (Å²) in [4.78, 5) is 38.1. The van der Waals surface area contributed by atoms with Crippen molar-refractivity contribution in [1.82, 2.24) is 10.2 Å². The van der Waals surface area contributed by atoms with Crippen molar-refractivity contribution in [2.45, 2.75) is 24.8 Å². The summed E-state index contributed by atoms with van der Waals surface area (Å²) in [7, 11) is 0. The van der Waals surface area contributed by atoms with Crippen LogP contribution in [0, 0.1) is 5.41 Å². The second kappa shape index (κ2) is 7.92. The van der Waals surface area contributed by atoms with Gasteiger partial charge in [-0.25, -0.2) is 0 Å². The molecule has 140 valence electrons. The number of amides is 2. The molecule has 8 heteroatoms. The molecule has 2 N–H and O–H groups in total. The summed E-state index contributed by atoms with van der Waals surface area (Å²) in [6, 6.07) is 8.82. The van der Waals surface area contributed by atoms with E-state index in [-0.39, 0.29) is 30.2 Å². The lowest BCUT2D eigenvalue weighted by Gasteiger charge is -2.53.